The van der Waals surface area contributed by atoms with Gasteiger partial charge in [0.1, 0.15) is 0 Å². The van der Waals surface area contributed by atoms with Gasteiger partial charge in [0, 0.05) is 6.42 Å². The summed E-state index contributed by atoms with van der Waals surface area (Å²) in [5.74, 6) is -0.0905. The van der Waals surface area contributed by atoms with Crippen LogP contribution in [0.25, 0.3) is 0 Å². The molecule has 4 heteroatoms. The molecule has 3 N–H and O–H groups in total. The van der Waals surface area contributed by atoms with E-state index in [1.807, 2.05) is 6.08 Å². The van der Waals surface area contributed by atoms with E-state index >= 15 is 0 Å². The second kappa shape index (κ2) is 72.3. The van der Waals surface area contributed by atoms with E-state index in [0.717, 1.165) is 116 Å². The normalized spacial score (nSPS) is 13.7. The number of aliphatic hydroxyl groups is 2. The molecule has 0 aromatic carbocycles. The lowest BCUT2D eigenvalue weighted by Gasteiger charge is -2.19. The number of amides is 1. The van der Waals surface area contributed by atoms with Crippen molar-refractivity contribution in [2.75, 3.05) is 6.61 Å². The fraction of sp³-hybridized carbons (Fsp3) is 0.658. The van der Waals surface area contributed by atoms with Crippen molar-refractivity contribution in [1.29, 1.82) is 0 Å². The van der Waals surface area contributed by atoms with Crippen LogP contribution >= 0.6 is 0 Å². The molecule has 1 amide bonds. The number of hydrogen-bond donors (Lipinski definition) is 3. The molecule has 472 valence electrons. The molecule has 0 aliphatic heterocycles. The van der Waals surface area contributed by atoms with Crippen molar-refractivity contribution in [1.82, 2.24) is 5.32 Å². The van der Waals surface area contributed by atoms with E-state index < -0.39 is 12.1 Å². The van der Waals surface area contributed by atoms with E-state index in [1.54, 1.807) is 6.08 Å². The molecule has 0 fully saturated rings. The molecular formula is C79H133NO3. The number of aliphatic hydroxyl groups excluding tert-OH is 2. The maximum atomic E-state index is 12.5. The SMILES string of the molecule is CC/C=C\C/C=C\C/C=C\C/C=C\C/C=C\C/C=C\C/C=C\C/C=C\C/C=C\C/C=C\CCCCCCCCCCC(=O)NC(CO)C(O)/C=C/CC/C=C/CC/C=C/CCCCCCCCCCCCCCCCCCCCCCCC. The Balaban J connectivity index is 3.63. The minimum Gasteiger partial charge on any atom is -0.394 e. The molecule has 0 heterocycles. The number of hydrogen-bond acceptors (Lipinski definition) is 3. The maximum Gasteiger partial charge on any atom is 0.220 e. The van der Waals surface area contributed by atoms with Crippen LogP contribution < -0.4 is 5.32 Å². The Morgan fingerprint density at radius 3 is 0.843 bits per heavy atom. The first-order valence-corrected chi connectivity index (χ1v) is 35.2. The lowest BCUT2D eigenvalue weighted by atomic mass is 10.0. The molecule has 2 atom stereocenters. The number of unbranched alkanes of at least 4 members (excludes halogenated alkanes) is 32. The van der Waals surface area contributed by atoms with Crippen molar-refractivity contribution in [3.05, 3.63) is 158 Å². The predicted octanol–water partition coefficient (Wildman–Crippen LogP) is 24.4. The summed E-state index contributed by atoms with van der Waals surface area (Å²) >= 11 is 0. The smallest absolute Gasteiger partial charge is 0.220 e. The number of carbonyl (C=O) groups is 1. The standard InChI is InChI=1S/C79H133NO3/c1-3-5-7-9-11-13-15-17-19-21-23-25-27-29-31-33-35-37-38-39-40-41-42-43-45-47-49-51-53-55-57-59-61-63-65-67-69-71-73-75-79(83)80-77(76-81)78(82)74-72-70-68-66-64-62-60-58-56-54-52-50-48-46-44-36-34-32-30-28-26-24-22-20-18-16-14-12-10-8-6-4-2/h5,7,11,13,17,19,23,25,29,31,35,37,39-40,42-43,47,49,53,55-56,58,64,66,72,74,77-78,81-82H,3-4,6,8-10,12,14-16,18,20-22,24,26-28,30,32-34,36,38,41,44-46,48,50-52,54,57,59-63,65,67-71,73,75-76H2,1-2H3,(H,80,83)/b7-5-,13-11-,19-17-,25-23-,31-29-,37-35-,40-39-,43-42-,49-47-,55-53-,58-56+,66-64+,74-72+. The van der Waals surface area contributed by atoms with Crippen molar-refractivity contribution in [2.45, 2.75) is 328 Å². The van der Waals surface area contributed by atoms with Crippen molar-refractivity contribution >= 4 is 5.91 Å². The third-order valence-electron chi connectivity index (χ3n) is 15.2. The molecule has 0 aromatic heterocycles. The Morgan fingerprint density at radius 2 is 0.542 bits per heavy atom. The highest BCUT2D eigenvalue weighted by molar-refractivity contribution is 5.76. The number of nitrogens with one attached hydrogen (secondary N) is 1. The fourth-order valence-corrected chi connectivity index (χ4v) is 9.95. The molecule has 4 nitrogen and oxygen atoms in total. The average molecular weight is 1140 g/mol. The third-order valence-corrected chi connectivity index (χ3v) is 15.2. The molecule has 83 heavy (non-hydrogen) atoms. The lowest BCUT2D eigenvalue weighted by Crippen LogP contribution is -2.45. The van der Waals surface area contributed by atoms with Gasteiger partial charge in [0.2, 0.25) is 5.91 Å². The Morgan fingerprint density at radius 1 is 0.301 bits per heavy atom. The summed E-state index contributed by atoms with van der Waals surface area (Å²) in [6.07, 6.45) is 115. The summed E-state index contributed by atoms with van der Waals surface area (Å²) in [6, 6.07) is -0.664. The van der Waals surface area contributed by atoms with Gasteiger partial charge in [-0.1, -0.05) is 345 Å². The van der Waals surface area contributed by atoms with Gasteiger partial charge < -0.3 is 15.5 Å². The zero-order chi connectivity index (χ0) is 59.8. The van der Waals surface area contributed by atoms with Crippen LogP contribution in [0.2, 0.25) is 0 Å². The average Bonchev–Trinajstić information content (AvgIpc) is 3.51. The minimum atomic E-state index is -0.887. The lowest BCUT2D eigenvalue weighted by molar-refractivity contribution is -0.123. The zero-order valence-electron chi connectivity index (χ0n) is 54.4. The largest absolute Gasteiger partial charge is 0.394 e. The maximum absolute atomic E-state index is 12.5. The minimum absolute atomic E-state index is 0.0905. The van der Waals surface area contributed by atoms with E-state index in [0.29, 0.717) is 6.42 Å². The highest BCUT2D eigenvalue weighted by atomic mass is 16.3. The van der Waals surface area contributed by atoms with E-state index in [4.69, 9.17) is 0 Å². The van der Waals surface area contributed by atoms with Crippen molar-refractivity contribution in [3.8, 4) is 0 Å². The third kappa shape index (κ3) is 68.7. The van der Waals surface area contributed by atoms with Crippen LogP contribution in [0, 0.1) is 0 Å². The highest BCUT2D eigenvalue weighted by Gasteiger charge is 2.18. The van der Waals surface area contributed by atoms with Crippen LogP contribution in [0.4, 0.5) is 0 Å². The fourth-order valence-electron chi connectivity index (χ4n) is 9.95. The van der Waals surface area contributed by atoms with Crippen LogP contribution in [0.1, 0.15) is 316 Å². The van der Waals surface area contributed by atoms with E-state index in [-0.39, 0.29) is 12.5 Å². The zero-order valence-corrected chi connectivity index (χ0v) is 54.4. The van der Waals surface area contributed by atoms with E-state index in [2.05, 4.69) is 165 Å². The van der Waals surface area contributed by atoms with Crippen LogP contribution in [0.15, 0.2) is 158 Å². The van der Waals surface area contributed by atoms with Gasteiger partial charge in [-0.25, -0.2) is 0 Å². The van der Waals surface area contributed by atoms with E-state index in [9.17, 15) is 15.0 Å². The second-order valence-electron chi connectivity index (χ2n) is 23.2. The molecule has 0 rings (SSSR count). The molecule has 0 radical (unpaired) electrons. The molecule has 0 bridgehead atoms. The summed E-state index contributed by atoms with van der Waals surface area (Å²) in [5.41, 5.74) is 0. The van der Waals surface area contributed by atoms with Crippen molar-refractivity contribution in [3.63, 3.8) is 0 Å². The van der Waals surface area contributed by atoms with Gasteiger partial charge in [-0.05, 0) is 122 Å². The molecule has 2 unspecified atom stereocenters. The summed E-state index contributed by atoms with van der Waals surface area (Å²) in [4.78, 5) is 12.5. The first-order valence-electron chi connectivity index (χ1n) is 35.2. The van der Waals surface area contributed by atoms with Gasteiger partial charge in [-0.2, -0.15) is 0 Å². The van der Waals surface area contributed by atoms with Gasteiger partial charge in [0.15, 0.2) is 0 Å². The van der Waals surface area contributed by atoms with Crippen LogP contribution in [-0.2, 0) is 4.79 Å². The summed E-state index contributed by atoms with van der Waals surface area (Å²) in [7, 11) is 0. The van der Waals surface area contributed by atoms with Gasteiger partial charge in [-0.15, -0.1) is 0 Å². The van der Waals surface area contributed by atoms with Crippen molar-refractivity contribution < 1.29 is 15.0 Å². The molecular weight excluding hydrogens is 1010 g/mol. The van der Waals surface area contributed by atoms with Crippen LogP contribution in [0.3, 0.4) is 0 Å². The molecule has 0 saturated carbocycles. The second-order valence-corrected chi connectivity index (χ2v) is 23.2. The van der Waals surface area contributed by atoms with Crippen LogP contribution in [-0.4, -0.2) is 34.9 Å². The van der Waals surface area contributed by atoms with Crippen LogP contribution in [0.5, 0.6) is 0 Å². The molecule has 0 aliphatic carbocycles. The first-order chi connectivity index (χ1) is 41.2. The van der Waals surface area contributed by atoms with Gasteiger partial charge >= 0.3 is 0 Å². The van der Waals surface area contributed by atoms with Gasteiger partial charge in [0.05, 0.1) is 18.8 Å². The van der Waals surface area contributed by atoms with Crippen molar-refractivity contribution in [2.24, 2.45) is 0 Å². The summed E-state index contributed by atoms with van der Waals surface area (Å²) < 4.78 is 0. The molecule has 0 saturated heterocycles. The predicted molar refractivity (Wildman–Crippen MR) is 372 cm³/mol. The number of allylic oxidation sites excluding steroid dienone is 25. The molecule has 0 spiro atoms. The van der Waals surface area contributed by atoms with Gasteiger partial charge in [0.25, 0.3) is 0 Å². The number of rotatable bonds is 63. The topological polar surface area (TPSA) is 69.6 Å². The Bertz CT molecular complexity index is 1730. The Hall–Kier alpha value is -3.99. The monoisotopic (exact) mass is 1140 g/mol. The molecule has 0 aliphatic rings. The highest BCUT2D eigenvalue weighted by Crippen LogP contribution is 2.17. The number of carbonyl (C=O) groups excluding carboxylic acids is 1. The first kappa shape index (κ1) is 79.0. The summed E-state index contributed by atoms with van der Waals surface area (Å²) in [5, 5.41) is 23.2. The molecule has 0 aromatic rings. The Kier molecular flexibility index (Phi) is 68.8. The summed E-state index contributed by atoms with van der Waals surface area (Å²) in [6.45, 7) is 4.19. The van der Waals surface area contributed by atoms with E-state index in [1.165, 1.54) is 180 Å². The Labute approximate surface area is 516 Å². The van der Waals surface area contributed by atoms with Gasteiger partial charge in [-0.3, -0.25) is 4.79 Å². The quantitative estimate of drug-likeness (QED) is 0.0420.